The van der Waals surface area contributed by atoms with Gasteiger partial charge in [-0.2, -0.15) is 0 Å². The molecule has 1 N–H and O–H groups in total. The molecule has 1 atom stereocenters. The molecule has 1 heterocycles. The fourth-order valence-corrected chi connectivity index (χ4v) is 4.63. The average Bonchev–Trinajstić information content (AvgIpc) is 3.05. The number of carbonyl (C=O) groups excluding carboxylic acids is 2. The number of amidine groups is 1. The van der Waals surface area contributed by atoms with Gasteiger partial charge in [0.2, 0.25) is 11.8 Å². The van der Waals surface area contributed by atoms with Crippen molar-refractivity contribution in [2.24, 2.45) is 4.99 Å². The minimum atomic E-state index is -0.541. The summed E-state index contributed by atoms with van der Waals surface area (Å²) in [6.45, 7) is 4.09. The average molecular weight is 450 g/mol. The van der Waals surface area contributed by atoms with Gasteiger partial charge in [0, 0.05) is 29.1 Å². The molecule has 1 saturated heterocycles. The monoisotopic (exact) mass is 449 g/mol. The molecule has 2 amide bonds. The minimum Gasteiger partial charge on any atom is -0.326 e. The third-order valence-corrected chi connectivity index (χ3v) is 6.24. The molecule has 0 spiro atoms. The van der Waals surface area contributed by atoms with Gasteiger partial charge in [0.25, 0.3) is 0 Å². The van der Waals surface area contributed by atoms with E-state index in [0.29, 0.717) is 22.4 Å². The number of hydrogen-bond donors (Lipinski definition) is 1. The summed E-state index contributed by atoms with van der Waals surface area (Å²) in [6.07, 6.45) is 1.71. The quantitative estimate of drug-likeness (QED) is 0.495. The first-order chi connectivity index (χ1) is 15.0. The Bertz CT molecular complexity index is 1170. The topological polar surface area (TPSA) is 61.8 Å². The molecular formula is C24H20ClN3O2S. The molecule has 0 bridgehead atoms. The summed E-state index contributed by atoms with van der Waals surface area (Å²) < 4.78 is 0. The van der Waals surface area contributed by atoms with E-state index >= 15 is 0 Å². The Kier molecular flexibility index (Phi) is 6.39. The molecule has 31 heavy (non-hydrogen) atoms. The summed E-state index contributed by atoms with van der Waals surface area (Å²) in [4.78, 5) is 31.8. The molecule has 7 heteroatoms. The molecule has 5 nitrogen and oxygen atoms in total. The molecule has 3 aromatic rings. The van der Waals surface area contributed by atoms with E-state index in [0.717, 1.165) is 16.5 Å². The number of fused-ring (bicyclic) bond motifs is 1. The van der Waals surface area contributed by atoms with Gasteiger partial charge in [-0.15, -0.1) is 6.58 Å². The van der Waals surface area contributed by atoms with E-state index in [1.165, 1.54) is 11.8 Å². The Hall–Kier alpha value is -3.09. The maximum absolute atomic E-state index is 13.0. The lowest BCUT2D eigenvalue weighted by atomic mass is 10.1. The van der Waals surface area contributed by atoms with Crippen LogP contribution in [0, 0.1) is 0 Å². The van der Waals surface area contributed by atoms with Crippen molar-refractivity contribution in [3.8, 4) is 0 Å². The van der Waals surface area contributed by atoms with Crippen LogP contribution in [0.25, 0.3) is 10.8 Å². The molecule has 0 saturated carbocycles. The minimum absolute atomic E-state index is 0.0499. The summed E-state index contributed by atoms with van der Waals surface area (Å²) in [5, 5.41) is 5.52. The second-order valence-electron chi connectivity index (χ2n) is 7.00. The molecular weight excluding hydrogens is 430 g/mol. The third-order valence-electron chi connectivity index (χ3n) is 4.81. The Morgan fingerprint density at radius 1 is 1.13 bits per heavy atom. The van der Waals surface area contributed by atoms with Crippen molar-refractivity contribution >= 4 is 62.5 Å². The first kappa shape index (κ1) is 21.2. The summed E-state index contributed by atoms with van der Waals surface area (Å²) in [7, 11) is 0. The van der Waals surface area contributed by atoms with Crippen LogP contribution >= 0.6 is 23.4 Å². The Labute approximate surface area is 189 Å². The standard InChI is InChI=1S/C24H20ClN3O2S/c1-2-14-28-23(30)21(15-22(29)26-18-12-10-17(25)11-13-18)31-24(28)27-20-9-5-7-16-6-3-4-8-19(16)20/h2-13,21H,1,14-15H2,(H,26,29). The van der Waals surface area contributed by atoms with Gasteiger partial charge in [-0.1, -0.05) is 65.8 Å². The zero-order valence-corrected chi connectivity index (χ0v) is 18.2. The second-order valence-corrected chi connectivity index (χ2v) is 8.60. The number of thioether (sulfide) groups is 1. The summed E-state index contributed by atoms with van der Waals surface area (Å²) >= 11 is 7.19. The Morgan fingerprint density at radius 3 is 2.65 bits per heavy atom. The first-order valence-corrected chi connectivity index (χ1v) is 11.0. The summed E-state index contributed by atoms with van der Waals surface area (Å²) in [6, 6.07) is 20.7. The lowest BCUT2D eigenvalue weighted by Crippen LogP contribution is -2.33. The molecule has 1 aliphatic heterocycles. The van der Waals surface area contributed by atoms with Gasteiger partial charge < -0.3 is 5.32 Å². The normalized spacial score (nSPS) is 17.3. The van der Waals surface area contributed by atoms with Gasteiger partial charge in [-0.3, -0.25) is 14.5 Å². The van der Waals surface area contributed by atoms with Crippen LogP contribution in [-0.2, 0) is 9.59 Å². The van der Waals surface area contributed by atoms with Crippen molar-refractivity contribution in [3.63, 3.8) is 0 Å². The summed E-state index contributed by atoms with van der Waals surface area (Å²) in [5.74, 6) is -0.381. The van der Waals surface area contributed by atoms with Crippen LogP contribution in [0.15, 0.2) is 84.4 Å². The highest BCUT2D eigenvalue weighted by Crippen LogP contribution is 2.34. The maximum atomic E-state index is 13.0. The number of anilines is 1. The van der Waals surface area contributed by atoms with Gasteiger partial charge in [0.05, 0.1) is 5.69 Å². The number of nitrogens with one attached hydrogen (secondary N) is 1. The number of benzene rings is 3. The van der Waals surface area contributed by atoms with Crippen molar-refractivity contribution in [2.45, 2.75) is 11.7 Å². The Morgan fingerprint density at radius 2 is 1.87 bits per heavy atom. The van der Waals surface area contributed by atoms with Crippen molar-refractivity contribution in [1.82, 2.24) is 4.90 Å². The van der Waals surface area contributed by atoms with E-state index in [4.69, 9.17) is 16.6 Å². The van der Waals surface area contributed by atoms with E-state index in [9.17, 15) is 9.59 Å². The van der Waals surface area contributed by atoms with E-state index in [2.05, 4.69) is 11.9 Å². The number of aliphatic imine (C=N–C) groups is 1. The van der Waals surface area contributed by atoms with Crippen molar-refractivity contribution in [2.75, 3.05) is 11.9 Å². The highest BCUT2D eigenvalue weighted by molar-refractivity contribution is 8.15. The number of halogens is 1. The highest BCUT2D eigenvalue weighted by Gasteiger charge is 2.38. The van der Waals surface area contributed by atoms with Gasteiger partial charge in [-0.25, -0.2) is 4.99 Å². The van der Waals surface area contributed by atoms with Gasteiger partial charge in [0.1, 0.15) is 5.25 Å². The van der Waals surface area contributed by atoms with E-state index < -0.39 is 5.25 Å². The lowest BCUT2D eigenvalue weighted by molar-refractivity contribution is -0.127. The van der Waals surface area contributed by atoms with Crippen LogP contribution in [0.3, 0.4) is 0 Å². The SMILES string of the molecule is C=CCN1C(=O)C(CC(=O)Nc2ccc(Cl)cc2)SC1=Nc1cccc2ccccc12. The van der Waals surface area contributed by atoms with Gasteiger partial charge in [0.15, 0.2) is 5.17 Å². The van der Waals surface area contributed by atoms with Crippen LogP contribution in [0.2, 0.25) is 5.02 Å². The largest absolute Gasteiger partial charge is 0.326 e. The number of carbonyl (C=O) groups is 2. The second kappa shape index (κ2) is 9.37. The van der Waals surface area contributed by atoms with Crippen LogP contribution in [0.4, 0.5) is 11.4 Å². The molecule has 156 valence electrons. The molecule has 1 fully saturated rings. The zero-order chi connectivity index (χ0) is 21.8. The van der Waals surface area contributed by atoms with Gasteiger partial charge >= 0.3 is 0 Å². The molecule has 4 rings (SSSR count). The Balaban J connectivity index is 1.55. The molecule has 0 aromatic heterocycles. The van der Waals surface area contributed by atoms with E-state index in [-0.39, 0.29) is 18.2 Å². The van der Waals surface area contributed by atoms with Crippen LogP contribution in [0.1, 0.15) is 6.42 Å². The van der Waals surface area contributed by atoms with E-state index in [1.54, 1.807) is 35.2 Å². The smallest absolute Gasteiger partial charge is 0.242 e. The highest BCUT2D eigenvalue weighted by atomic mass is 35.5. The predicted octanol–water partition coefficient (Wildman–Crippen LogP) is 5.64. The first-order valence-electron chi connectivity index (χ1n) is 9.76. The summed E-state index contributed by atoms with van der Waals surface area (Å²) in [5.41, 5.74) is 1.42. The molecule has 0 radical (unpaired) electrons. The predicted molar refractivity (Wildman–Crippen MR) is 129 cm³/mol. The molecule has 3 aromatic carbocycles. The molecule has 1 aliphatic rings. The van der Waals surface area contributed by atoms with Crippen molar-refractivity contribution in [1.29, 1.82) is 0 Å². The zero-order valence-electron chi connectivity index (χ0n) is 16.6. The van der Waals surface area contributed by atoms with Crippen LogP contribution in [0.5, 0.6) is 0 Å². The molecule has 1 unspecified atom stereocenters. The van der Waals surface area contributed by atoms with Crippen LogP contribution < -0.4 is 5.32 Å². The number of rotatable bonds is 6. The van der Waals surface area contributed by atoms with Crippen molar-refractivity contribution < 1.29 is 9.59 Å². The van der Waals surface area contributed by atoms with Crippen molar-refractivity contribution in [3.05, 3.63) is 84.4 Å². The number of hydrogen-bond acceptors (Lipinski definition) is 4. The maximum Gasteiger partial charge on any atom is 0.242 e. The number of nitrogens with zero attached hydrogens (tertiary/aromatic N) is 2. The van der Waals surface area contributed by atoms with E-state index in [1.807, 2.05) is 42.5 Å². The number of amides is 2. The van der Waals surface area contributed by atoms with Crippen LogP contribution in [-0.4, -0.2) is 33.7 Å². The lowest BCUT2D eigenvalue weighted by Gasteiger charge is -2.14. The fraction of sp³-hybridized carbons (Fsp3) is 0.125. The fourth-order valence-electron chi connectivity index (χ4n) is 3.34. The third kappa shape index (κ3) is 4.81. The molecule has 0 aliphatic carbocycles. The van der Waals surface area contributed by atoms with Gasteiger partial charge in [-0.05, 0) is 35.7 Å².